The Morgan fingerprint density at radius 2 is 2.41 bits per heavy atom. The molecule has 0 aliphatic rings. The van der Waals surface area contributed by atoms with Gasteiger partial charge in [0.1, 0.15) is 0 Å². The van der Waals surface area contributed by atoms with E-state index in [0.29, 0.717) is 0 Å². The third-order valence-electron chi connectivity index (χ3n) is 2.56. The molecular weight excluding hydrogens is 238 g/mol. The van der Waals surface area contributed by atoms with E-state index in [1.807, 2.05) is 24.4 Å². The number of nitrogens with one attached hydrogen (secondary N) is 1. The molecule has 0 aromatic carbocycles. The minimum atomic E-state index is -0.227. The first-order chi connectivity index (χ1) is 8.09. The molecule has 2 aromatic rings. The number of carbonyl (C=O) groups excluding carboxylic acids is 1. The van der Waals surface area contributed by atoms with Crippen molar-refractivity contribution in [1.29, 1.82) is 0 Å². The summed E-state index contributed by atoms with van der Waals surface area (Å²) >= 11 is 1.61. The van der Waals surface area contributed by atoms with E-state index in [9.17, 15) is 4.79 Å². The highest BCUT2D eigenvalue weighted by Crippen LogP contribution is 2.24. The predicted octanol–water partition coefficient (Wildman–Crippen LogP) is 1.28. The fraction of sp³-hybridized carbons (Fsp3) is 0.300. The minimum absolute atomic E-state index is 0.00572. The topological polar surface area (TPSA) is 87.9 Å². The molecule has 90 valence electrons. The number of carbonyl (C=O) groups is 1. The molecule has 2 rings (SSSR count). The van der Waals surface area contributed by atoms with Gasteiger partial charge in [0.2, 0.25) is 11.8 Å². The summed E-state index contributed by atoms with van der Waals surface area (Å²) in [5, 5.41) is 8.13. The number of aromatic amines is 1. The zero-order valence-electron chi connectivity index (χ0n) is 9.54. The van der Waals surface area contributed by atoms with E-state index in [1.165, 1.54) is 0 Å². The van der Waals surface area contributed by atoms with Gasteiger partial charge in [-0.25, -0.2) is 0 Å². The highest BCUT2D eigenvalue weighted by atomic mass is 32.1. The first kappa shape index (κ1) is 11.6. The van der Waals surface area contributed by atoms with Gasteiger partial charge in [-0.1, -0.05) is 6.07 Å². The first-order valence-electron chi connectivity index (χ1n) is 5.08. The lowest BCUT2D eigenvalue weighted by atomic mass is 10.2. The van der Waals surface area contributed by atoms with Crippen molar-refractivity contribution in [2.24, 2.45) is 0 Å². The zero-order valence-corrected chi connectivity index (χ0v) is 10.4. The van der Waals surface area contributed by atoms with Gasteiger partial charge in [-0.2, -0.15) is 4.98 Å². The van der Waals surface area contributed by atoms with Gasteiger partial charge >= 0.3 is 0 Å². The smallest absolute Gasteiger partial charge is 0.291 e. The number of nitrogen functional groups attached to an aromatic ring is 1. The molecule has 0 aliphatic heterocycles. The molecule has 0 spiro atoms. The second-order valence-corrected chi connectivity index (χ2v) is 4.63. The van der Waals surface area contributed by atoms with Crippen molar-refractivity contribution in [3.05, 3.63) is 28.2 Å². The van der Waals surface area contributed by atoms with Crippen LogP contribution < -0.4 is 5.73 Å². The number of amides is 1. The molecule has 0 radical (unpaired) electrons. The second-order valence-electron chi connectivity index (χ2n) is 3.65. The lowest BCUT2D eigenvalue weighted by Gasteiger charge is -2.22. The van der Waals surface area contributed by atoms with Crippen LogP contribution >= 0.6 is 11.3 Å². The fourth-order valence-electron chi connectivity index (χ4n) is 1.43. The highest BCUT2D eigenvalue weighted by Gasteiger charge is 2.22. The van der Waals surface area contributed by atoms with Crippen molar-refractivity contribution in [2.75, 3.05) is 12.8 Å². The largest absolute Gasteiger partial charge is 0.366 e. The maximum Gasteiger partial charge on any atom is 0.291 e. The van der Waals surface area contributed by atoms with Crippen LogP contribution in [0.15, 0.2) is 17.5 Å². The Morgan fingerprint density at radius 1 is 1.65 bits per heavy atom. The van der Waals surface area contributed by atoms with Gasteiger partial charge < -0.3 is 10.6 Å². The van der Waals surface area contributed by atoms with Crippen LogP contribution in [0, 0.1) is 0 Å². The van der Waals surface area contributed by atoms with E-state index >= 15 is 0 Å². The molecule has 2 heterocycles. The molecule has 0 fully saturated rings. The number of aromatic nitrogens is 3. The third-order valence-corrected chi connectivity index (χ3v) is 3.60. The number of nitrogens with two attached hydrogens (primary N) is 1. The van der Waals surface area contributed by atoms with E-state index in [4.69, 9.17) is 5.73 Å². The molecule has 3 N–H and O–H groups in total. The monoisotopic (exact) mass is 251 g/mol. The van der Waals surface area contributed by atoms with Crippen molar-refractivity contribution in [2.45, 2.75) is 13.0 Å². The van der Waals surface area contributed by atoms with Crippen LogP contribution in [-0.4, -0.2) is 33.0 Å². The van der Waals surface area contributed by atoms with Crippen LogP contribution in [0.3, 0.4) is 0 Å². The van der Waals surface area contributed by atoms with E-state index < -0.39 is 0 Å². The Morgan fingerprint density at radius 3 is 2.94 bits per heavy atom. The Labute approximate surface area is 102 Å². The molecule has 0 aliphatic carbocycles. The summed E-state index contributed by atoms with van der Waals surface area (Å²) in [6, 6.07) is 3.95. The third kappa shape index (κ3) is 2.28. The van der Waals surface area contributed by atoms with Gasteiger partial charge in [-0.05, 0) is 18.4 Å². The molecule has 1 atom stereocenters. The fourth-order valence-corrected chi connectivity index (χ4v) is 2.26. The number of H-pyrrole nitrogens is 1. The van der Waals surface area contributed by atoms with Gasteiger partial charge in [0.25, 0.3) is 5.91 Å². The van der Waals surface area contributed by atoms with Gasteiger partial charge in [0.05, 0.1) is 6.04 Å². The predicted molar refractivity (Wildman–Crippen MR) is 65.6 cm³/mol. The number of rotatable bonds is 3. The Kier molecular flexibility index (Phi) is 3.10. The van der Waals surface area contributed by atoms with Crippen LogP contribution in [-0.2, 0) is 0 Å². The second kappa shape index (κ2) is 4.54. The molecule has 1 amide bonds. The lowest BCUT2D eigenvalue weighted by molar-refractivity contribution is 0.0733. The van der Waals surface area contributed by atoms with Gasteiger partial charge in [-0.3, -0.25) is 9.89 Å². The Bertz CT molecular complexity index is 507. The summed E-state index contributed by atoms with van der Waals surface area (Å²) in [6.07, 6.45) is 0. The maximum atomic E-state index is 12.0. The number of nitrogens with zero attached hydrogens (tertiary/aromatic N) is 3. The number of thiophene rings is 1. The van der Waals surface area contributed by atoms with Crippen molar-refractivity contribution >= 4 is 23.2 Å². The number of anilines is 1. The van der Waals surface area contributed by atoms with Crippen molar-refractivity contribution < 1.29 is 4.79 Å². The summed E-state index contributed by atoms with van der Waals surface area (Å²) < 4.78 is 0. The van der Waals surface area contributed by atoms with Crippen molar-refractivity contribution in [3.63, 3.8) is 0 Å². The normalized spacial score (nSPS) is 12.4. The van der Waals surface area contributed by atoms with Gasteiger partial charge in [0.15, 0.2) is 0 Å². The molecular formula is C10H13N5OS. The number of hydrogen-bond acceptors (Lipinski definition) is 5. The SMILES string of the molecule is CC(c1cccs1)N(C)C(=O)c1nc(N)n[nH]1. The summed E-state index contributed by atoms with van der Waals surface area (Å²) in [5.41, 5.74) is 5.37. The van der Waals surface area contributed by atoms with Crippen LogP contribution in [0.1, 0.15) is 28.5 Å². The molecule has 6 nitrogen and oxygen atoms in total. The molecule has 1 unspecified atom stereocenters. The molecule has 0 saturated heterocycles. The highest BCUT2D eigenvalue weighted by molar-refractivity contribution is 7.10. The molecule has 0 saturated carbocycles. The standard InChI is InChI=1S/C10H13N5OS/c1-6(7-4-3-5-17-7)15(2)9(16)8-12-10(11)14-13-8/h3-6H,1-2H3,(H3,11,12,13,14). The summed E-state index contributed by atoms with van der Waals surface area (Å²) in [4.78, 5) is 18.6. The maximum absolute atomic E-state index is 12.0. The van der Waals surface area contributed by atoms with Gasteiger partial charge in [0, 0.05) is 11.9 Å². The van der Waals surface area contributed by atoms with Crippen LogP contribution in [0.4, 0.5) is 5.95 Å². The first-order valence-corrected chi connectivity index (χ1v) is 5.96. The van der Waals surface area contributed by atoms with Crippen LogP contribution in [0.5, 0.6) is 0 Å². The average Bonchev–Trinajstić information content (AvgIpc) is 2.96. The van der Waals surface area contributed by atoms with E-state index in [-0.39, 0.29) is 23.7 Å². The van der Waals surface area contributed by atoms with Crippen molar-refractivity contribution in [1.82, 2.24) is 20.1 Å². The van der Waals surface area contributed by atoms with E-state index in [2.05, 4.69) is 15.2 Å². The quantitative estimate of drug-likeness (QED) is 0.860. The molecule has 2 aromatic heterocycles. The van der Waals surface area contributed by atoms with E-state index in [1.54, 1.807) is 23.3 Å². The van der Waals surface area contributed by atoms with Crippen molar-refractivity contribution in [3.8, 4) is 0 Å². The average molecular weight is 251 g/mol. The van der Waals surface area contributed by atoms with E-state index in [0.717, 1.165) is 4.88 Å². The van der Waals surface area contributed by atoms with Crippen LogP contribution in [0.25, 0.3) is 0 Å². The molecule has 7 heteroatoms. The summed E-state index contributed by atoms with van der Waals surface area (Å²) in [7, 11) is 1.73. The zero-order chi connectivity index (χ0) is 12.4. The number of hydrogen-bond donors (Lipinski definition) is 2. The summed E-state index contributed by atoms with van der Waals surface area (Å²) in [6.45, 7) is 1.96. The summed E-state index contributed by atoms with van der Waals surface area (Å²) in [5.74, 6) is 0.00836. The van der Waals surface area contributed by atoms with Crippen LogP contribution in [0.2, 0.25) is 0 Å². The Balaban J connectivity index is 2.15. The minimum Gasteiger partial charge on any atom is -0.366 e. The Hall–Kier alpha value is -1.89. The molecule has 17 heavy (non-hydrogen) atoms. The molecule has 0 bridgehead atoms. The lowest BCUT2D eigenvalue weighted by Crippen LogP contribution is -2.30. The van der Waals surface area contributed by atoms with Gasteiger partial charge in [-0.15, -0.1) is 16.4 Å².